The molecule has 1 saturated heterocycles. The summed E-state index contributed by atoms with van der Waals surface area (Å²) in [6.07, 6.45) is 4.24. The van der Waals surface area contributed by atoms with Gasteiger partial charge in [0.2, 0.25) is 11.6 Å². The molecule has 0 saturated carbocycles. The molecule has 1 unspecified atom stereocenters. The van der Waals surface area contributed by atoms with E-state index in [-0.39, 0.29) is 18.6 Å². The number of rotatable bonds is 5. The first-order valence-electron chi connectivity index (χ1n) is 8.06. The van der Waals surface area contributed by atoms with Gasteiger partial charge in [-0.15, -0.1) is 5.10 Å². The van der Waals surface area contributed by atoms with Crippen LogP contribution in [0.3, 0.4) is 0 Å². The molecule has 2 aromatic rings. The van der Waals surface area contributed by atoms with Crippen LogP contribution in [0.4, 0.5) is 0 Å². The van der Waals surface area contributed by atoms with E-state index in [1.165, 1.54) is 4.85 Å². The van der Waals surface area contributed by atoms with Gasteiger partial charge in [0.05, 0.1) is 13.2 Å². The number of nitrogens with zero attached hydrogens (tertiary/aromatic N) is 5. The zero-order valence-electron chi connectivity index (χ0n) is 13.9. The third-order valence-electron chi connectivity index (χ3n) is 3.84. The summed E-state index contributed by atoms with van der Waals surface area (Å²) in [7, 11) is 0. The Balaban J connectivity index is 1.59. The summed E-state index contributed by atoms with van der Waals surface area (Å²) in [5.74, 6) is 0.0537. The molecule has 1 amide bonds. The van der Waals surface area contributed by atoms with Crippen LogP contribution >= 0.6 is 0 Å². The summed E-state index contributed by atoms with van der Waals surface area (Å²) in [5.41, 5.74) is 1.99. The molecule has 1 aliphatic heterocycles. The van der Waals surface area contributed by atoms with Crippen molar-refractivity contribution in [3.8, 4) is 0 Å². The van der Waals surface area contributed by atoms with Gasteiger partial charge in [-0.1, -0.05) is 17.8 Å². The SMILES string of the molecule is CC/C=C(\C)C(=O)N1CCOC(COn2nnc3cccnc32)C1. The number of morpholine rings is 1. The molecule has 3 heterocycles. The van der Waals surface area contributed by atoms with Gasteiger partial charge in [0.15, 0.2) is 0 Å². The van der Waals surface area contributed by atoms with Crippen molar-refractivity contribution in [2.45, 2.75) is 26.4 Å². The summed E-state index contributed by atoms with van der Waals surface area (Å²) >= 11 is 0. The number of amides is 1. The van der Waals surface area contributed by atoms with Crippen LogP contribution in [0.1, 0.15) is 20.3 Å². The molecule has 0 spiro atoms. The topological polar surface area (TPSA) is 82.4 Å². The van der Waals surface area contributed by atoms with E-state index in [2.05, 4.69) is 15.3 Å². The molecule has 0 N–H and O–H groups in total. The van der Waals surface area contributed by atoms with E-state index in [1.54, 1.807) is 17.2 Å². The van der Waals surface area contributed by atoms with Crippen molar-refractivity contribution in [1.82, 2.24) is 25.0 Å². The summed E-state index contributed by atoms with van der Waals surface area (Å²) in [4.78, 5) is 25.3. The second-order valence-corrected chi connectivity index (χ2v) is 5.64. The summed E-state index contributed by atoms with van der Waals surface area (Å²) in [6.45, 7) is 5.72. The molecule has 0 bridgehead atoms. The molecule has 24 heavy (non-hydrogen) atoms. The van der Waals surface area contributed by atoms with Crippen LogP contribution in [0.15, 0.2) is 30.0 Å². The van der Waals surface area contributed by atoms with Crippen LogP contribution in [0.2, 0.25) is 0 Å². The molecule has 1 atom stereocenters. The summed E-state index contributed by atoms with van der Waals surface area (Å²) in [6, 6.07) is 3.61. The normalized spacial score (nSPS) is 18.8. The van der Waals surface area contributed by atoms with E-state index >= 15 is 0 Å². The smallest absolute Gasteiger partial charge is 0.249 e. The van der Waals surface area contributed by atoms with Gasteiger partial charge in [-0.05, 0) is 30.7 Å². The molecular formula is C16H21N5O3. The number of allylic oxidation sites excluding steroid dienone is 1. The highest BCUT2D eigenvalue weighted by Crippen LogP contribution is 2.11. The summed E-state index contributed by atoms with van der Waals surface area (Å²) < 4.78 is 5.69. The number of ether oxygens (including phenoxy) is 1. The molecule has 8 nitrogen and oxygen atoms in total. The number of aromatic nitrogens is 4. The largest absolute Gasteiger partial charge is 0.391 e. The highest BCUT2D eigenvalue weighted by atomic mass is 16.7. The standard InChI is InChI=1S/C16H21N5O3/c1-3-5-12(2)16(22)20-8-9-23-13(10-20)11-24-21-15-14(18-19-21)6-4-7-17-15/h4-7,13H,3,8-11H2,1-2H3/b12-5+. The van der Waals surface area contributed by atoms with Crippen LogP contribution in [0.25, 0.3) is 11.2 Å². The second-order valence-electron chi connectivity index (χ2n) is 5.64. The molecule has 0 radical (unpaired) electrons. The van der Waals surface area contributed by atoms with E-state index in [4.69, 9.17) is 9.57 Å². The molecule has 128 valence electrons. The van der Waals surface area contributed by atoms with Gasteiger partial charge in [-0.3, -0.25) is 4.79 Å². The Bertz CT molecular complexity index is 742. The Hall–Kier alpha value is -2.48. The average molecular weight is 331 g/mol. The predicted molar refractivity (Wildman–Crippen MR) is 87.1 cm³/mol. The zero-order chi connectivity index (χ0) is 16.9. The number of hydrogen-bond acceptors (Lipinski definition) is 6. The summed E-state index contributed by atoms with van der Waals surface area (Å²) in [5, 5.41) is 7.91. The average Bonchev–Trinajstić information content (AvgIpc) is 3.03. The highest BCUT2D eigenvalue weighted by molar-refractivity contribution is 5.92. The van der Waals surface area contributed by atoms with Crippen molar-refractivity contribution in [2.75, 3.05) is 26.3 Å². The zero-order valence-corrected chi connectivity index (χ0v) is 13.9. The Labute approximate surface area is 140 Å². The first-order chi connectivity index (χ1) is 11.7. The molecule has 0 aromatic carbocycles. The van der Waals surface area contributed by atoms with Crippen molar-refractivity contribution in [3.05, 3.63) is 30.0 Å². The maximum absolute atomic E-state index is 12.4. The second kappa shape index (κ2) is 7.39. The van der Waals surface area contributed by atoms with Crippen molar-refractivity contribution in [1.29, 1.82) is 0 Å². The number of fused-ring (bicyclic) bond motifs is 1. The maximum Gasteiger partial charge on any atom is 0.249 e. The number of carbonyl (C=O) groups is 1. The van der Waals surface area contributed by atoms with Crippen LogP contribution in [-0.4, -0.2) is 63.4 Å². The van der Waals surface area contributed by atoms with E-state index in [0.29, 0.717) is 30.9 Å². The van der Waals surface area contributed by atoms with Crippen molar-refractivity contribution >= 4 is 17.1 Å². The lowest BCUT2D eigenvalue weighted by atomic mass is 10.2. The Morgan fingerprint density at radius 3 is 3.25 bits per heavy atom. The first-order valence-corrected chi connectivity index (χ1v) is 8.06. The lowest BCUT2D eigenvalue weighted by Crippen LogP contribution is -2.48. The highest BCUT2D eigenvalue weighted by Gasteiger charge is 2.25. The monoisotopic (exact) mass is 331 g/mol. The minimum absolute atomic E-state index is 0.0537. The van der Waals surface area contributed by atoms with Crippen LogP contribution in [0.5, 0.6) is 0 Å². The number of carbonyl (C=O) groups excluding carboxylic acids is 1. The van der Waals surface area contributed by atoms with E-state index < -0.39 is 0 Å². The van der Waals surface area contributed by atoms with Crippen LogP contribution < -0.4 is 4.84 Å². The lowest BCUT2D eigenvalue weighted by molar-refractivity contribution is -0.137. The van der Waals surface area contributed by atoms with Crippen molar-refractivity contribution < 1.29 is 14.4 Å². The maximum atomic E-state index is 12.4. The van der Waals surface area contributed by atoms with Gasteiger partial charge in [0, 0.05) is 18.3 Å². The first kappa shape index (κ1) is 16.4. The molecule has 2 aromatic heterocycles. The van der Waals surface area contributed by atoms with Gasteiger partial charge in [0.1, 0.15) is 18.2 Å². The third kappa shape index (κ3) is 3.53. The van der Waals surface area contributed by atoms with Crippen LogP contribution in [0, 0.1) is 0 Å². The molecule has 3 rings (SSSR count). The van der Waals surface area contributed by atoms with Crippen molar-refractivity contribution in [3.63, 3.8) is 0 Å². The third-order valence-corrected chi connectivity index (χ3v) is 3.84. The van der Waals surface area contributed by atoms with Gasteiger partial charge >= 0.3 is 0 Å². The minimum Gasteiger partial charge on any atom is -0.391 e. The Morgan fingerprint density at radius 2 is 2.42 bits per heavy atom. The lowest BCUT2D eigenvalue weighted by Gasteiger charge is -2.32. The van der Waals surface area contributed by atoms with E-state index in [0.717, 1.165) is 12.0 Å². The Morgan fingerprint density at radius 1 is 1.54 bits per heavy atom. The van der Waals surface area contributed by atoms with E-state index in [9.17, 15) is 4.79 Å². The Kier molecular flexibility index (Phi) is 5.05. The fraction of sp³-hybridized carbons (Fsp3) is 0.500. The van der Waals surface area contributed by atoms with Gasteiger partial charge < -0.3 is 14.5 Å². The number of hydrogen-bond donors (Lipinski definition) is 0. The molecule has 8 heteroatoms. The van der Waals surface area contributed by atoms with Gasteiger partial charge in [-0.25, -0.2) is 4.98 Å². The van der Waals surface area contributed by atoms with E-state index in [1.807, 2.05) is 26.0 Å². The molecule has 1 aliphatic rings. The number of pyridine rings is 1. The molecular weight excluding hydrogens is 310 g/mol. The molecule has 1 fully saturated rings. The fourth-order valence-electron chi connectivity index (χ4n) is 2.63. The van der Waals surface area contributed by atoms with Gasteiger partial charge in [-0.2, -0.15) is 0 Å². The van der Waals surface area contributed by atoms with Crippen molar-refractivity contribution in [2.24, 2.45) is 0 Å². The van der Waals surface area contributed by atoms with Crippen LogP contribution in [-0.2, 0) is 9.53 Å². The minimum atomic E-state index is -0.208. The van der Waals surface area contributed by atoms with Gasteiger partial charge in [0.25, 0.3) is 0 Å². The molecule has 0 aliphatic carbocycles. The quantitative estimate of drug-likeness (QED) is 0.755. The fourth-order valence-corrected chi connectivity index (χ4v) is 2.63. The predicted octanol–water partition coefficient (Wildman–Crippen LogP) is 0.839.